The number of rotatable bonds is 4. The van der Waals surface area contributed by atoms with Crippen molar-refractivity contribution in [2.24, 2.45) is 5.73 Å². The van der Waals surface area contributed by atoms with Gasteiger partial charge in [0.2, 0.25) is 5.91 Å². The van der Waals surface area contributed by atoms with E-state index in [0.29, 0.717) is 11.3 Å². The van der Waals surface area contributed by atoms with Gasteiger partial charge in [-0.15, -0.1) is 0 Å². The molecule has 7 heteroatoms. The van der Waals surface area contributed by atoms with E-state index in [9.17, 15) is 14.9 Å². The number of nitrogens with two attached hydrogens (primary N) is 1. The van der Waals surface area contributed by atoms with Crippen LogP contribution in [0, 0.1) is 17.0 Å². The minimum Gasteiger partial charge on any atom is -0.371 e. The summed E-state index contributed by atoms with van der Waals surface area (Å²) in [6.45, 7) is 4.91. The van der Waals surface area contributed by atoms with Crippen LogP contribution in [-0.2, 0) is 4.79 Å². The molecular weight excluding hydrogens is 258 g/mol. The molecule has 3 N–H and O–H groups in total. The number of aryl methyl sites for hydroxylation is 1. The second kappa shape index (κ2) is 4.81. The Hall–Kier alpha value is -1.82. The number of anilines is 1. The van der Waals surface area contributed by atoms with E-state index in [4.69, 9.17) is 17.3 Å². The molecule has 1 aromatic rings. The summed E-state index contributed by atoms with van der Waals surface area (Å²) < 4.78 is 0. The maximum absolute atomic E-state index is 11.2. The number of hydrogen-bond acceptors (Lipinski definition) is 4. The first kappa shape index (κ1) is 14.2. The van der Waals surface area contributed by atoms with Crippen LogP contribution in [0.2, 0.25) is 5.02 Å². The zero-order chi connectivity index (χ0) is 14.1. The number of primary amides is 1. The highest BCUT2D eigenvalue weighted by Crippen LogP contribution is 2.31. The smallest absolute Gasteiger partial charge is 0.288 e. The molecule has 0 saturated carbocycles. The van der Waals surface area contributed by atoms with Crippen molar-refractivity contribution in [3.8, 4) is 0 Å². The van der Waals surface area contributed by atoms with E-state index in [1.807, 2.05) is 0 Å². The summed E-state index contributed by atoms with van der Waals surface area (Å²) in [7, 11) is 0. The van der Waals surface area contributed by atoms with Crippen molar-refractivity contribution in [2.45, 2.75) is 26.3 Å². The number of nitrogens with zero attached hydrogens (tertiary/aromatic N) is 1. The highest BCUT2D eigenvalue weighted by atomic mass is 35.5. The molecule has 0 heterocycles. The van der Waals surface area contributed by atoms with Gasteiger partial charge in [-0.25, -0.2) is 0 Å². The van der Waals surface area contributed by atoms with Crippen LogP contribution in [0.15, 0.2) is 12.1 Å². The van der Waals surface area contributed by atoms with Crippen LogP contribution < -0.4 is 11.1 Å². The SMILES string of the molecule is Cc1cc([N+](=O)[O-])c(Cl)cc1NC(C)(C)C(N)=O. The number of nitro benzene ring substituents is 1. The molecule has 0 saturated heterocycles. The van der Waals surface area contributed by atoms with E-state index in [1.54, 1.807) is 20.8 Å². The minimum absolute atomic E-state index is 0.00775. The molecule has 0 aliphatic carbocycles. The predicted molar refractivity (Wildman–Crippen MR) is 69.7 cm³/mol. The van der Waals surface area contributed by atoms with Crippen LogP contribution in [0.25, 0.3) is 0 Å². The molecule has 0 aliphatic heterocycles. The third kappa shape index (κ3) is 2.89. The molecule has 1 amide bonds. The van der Waals surface area contributed by atoms with E-state index in [1.165, 1.54) is 12.1 Å². The number of carbonyl (C=O) groups is 1. The van der Waals surface area contributed by atoms with Crippen molar-refractivity contribution < 1.29 is 9.72 Å². The Kier molecular flexibility index (Phi) is 3.81. The monoisotopic (exact) mass is 271 g/mol. The lowest BCUT2D eigenvalue weighted by Gasteiger charge is -2.24. The van der Waals surface area contributed by atoms with Crippen molar-refractivity contribution in [2.75, 3.05) is 5.32 Å². The Balaban J connectivity index is 3.17. The average Bonchev–Trinajstić information content (AvgIpc) is 2.21. The molecule has 6 nitrogen and oxygen atoms in total. The van der Waals surface area contributed by atoms with E-state index in [0.717, 1.165) is 0 Å². The summed E-state index contributed by atoms with van der Waals surface area (Å²) in [6, 6.07) is 2.77. The maximum atomic E-state index is 11.2. The molecule has 98 valence electrons. The predicted octanol–water partition coefficient (Wildman–Crippen LogP) is 2.23. The van der Waals surface area contributed by atoms with Crippen LogP contribution in [-0.4, -0.2) is 16.4 Å². The molecule has 0 radical (unpaired) electrons. The van der Waals surface area contributed by atoms with Crippen molar-refractivity contribution in [1.82, 2.24) is 0 Å². The van der Waals surface area contributed by atoms with Gasteiger partial charge in [-0.3, -0.25) is 14.9 Å². The van der Waals surface area contributed by atoms with Gasteiger partial charge < -0.3 is 11.1 Å². The number of nitro groups is 1. The lowest BCUT2D eigenvalue weighted by atomic mass is 10.0. The molecule has 0 fully saturated rings. The van der Waals surface area contributed by atoms with Crippen molar-refractivity contribution in [3.05, 3.63) is 32.8 Å². The molecule has 0 aromatic heterocycles. The van der Waals surface area contributed by atoms with Crippen LogP contribution in [0.3, 0.4) is 0 Å². The lowest BCUT2D eigenvalue weighted by molar-refractivity contribution is -0.384. The Morgan fingerprint density at radius 3 is 2.50 bits per heavy atom. The topological polar surface area (TPSA) is 98.3 Å². The van der Waals surface area contributed by atoms with Gasteiger partial charge in [-0.05, 0) is 32.4 Å². The summed E-state index contributed by atoms with van der Waals surface area (Å²) in [6.07, 6.45) is 0. The fraction of sp³-hybridized carbons (Fsp3) is 0.364. The number of carbonyl (C=O) groups excluding carboxylic acids is 1. The summed E-state index contributed by atoms with van der Waals surface area (Å²) in [5, 5.41) is 13.6. The number of benzene rings is 1. The molecule has 1 rings (SSSR count). The van der Waals surface area contributed by atoms with Gasteiger partial charge >= 0.3 is 0 Å². The molecule has 0 atom stereocenters. The summed E-state index contributed by atoms with van der Waals surface area (Å²) in [4.78, 5) is 21.4. The number of hydrogen-bond donors (Lipinski definition) is 2. The largest absolute Gasteiger partial charge is 0.371 e. The fourth-order valence-electron chi connectivity index (χ4n) is 1.34. The standard InChI is InChI=1S/C11H14ClN3O3/c1-6-4-9(15(17)18)7(12)5-8(6)14-11(2,3)10(13)16/h4-5,14H,1-3H3,(H2,13,16). The van der Waals surface area contributed by atoms with Crippen molar-refractivity contribution >= 4 is 28.9 Å². The van der Waals surface area contributed by atoms with Crippen LogP contribution >= 0.6 is 11.6 Å². The first-order valence-corrected chi connectivity index (χ1v) is 5.55. The Morgan fingerprint density at radius 1 is 1.50 bits per heavy atom. The van der Waals surface area contributed by atoms with E-state index in [2.05, 4.69) is 5.32 Å². The first-order chi connectivity index (χ1) is 8.15. The molecule has 18 heavy (non-hydrogen) atoms. The van der Waals surface area contributed by atoms with Gasteiger partial charge in [0.05, 0.1) is 4.92 Å². The van der Waals surface area contributed by atoms with Gasteiger partial charge in [0.1, 0.15) is 10.6 Å². The minimum atomic E-state index is -0.968. The van der Waals surface area contributed by atoms with Gasteiger partial charge in [-0.1, -0.05) is 11.6 Å². The Morgan fingerprint density at radius 2 is 2.06 bits per heavy atom. The molecule has 0 unspecified atom stereocenters. The normalized spacial score (nSPS) is 11.1. The summed E-state index contributed by atoms with van der Waals surface area (Å²) in [5.74, 6) is -0.531. The number of halogens is 1. The zero-order valence-corrected chi connectivity index (χ0v) is 11.0. The molecule has 1 aromatic carbocycles. The second-order valence-corrected chi connectivity index (χ2v) is 4.90. The van der Waals surface area contributed by atoms with Crippen molar-refractivity contribution in [1.29, 1.82) is 0 Å². The van der Waals surface area contributed by atoms with Gasteiger partial charge in [0.15, 0.2) is 0 Å². The molecule has 0 aliphatic rings. The van der Waals surface area contributed by atoms with Crippen LogP contribution in [0.5, 0.6) is 0 Å². The lowest BCUT2D eigenvalue weighted by Crippen LogP contribution is -2.45. The summed E-state index contributed by atoms with van der Waals surface area (Å²) >= 11 is 5.81. The van der Waals surface area contributed by atoms with E-state index < -0.39 is 16.4 Å². The Bertz CT molecular complexity index is 515. The Labute approximate surface area is 109 Å². The zero-order valence-electron chi connectivity index (χ0n) is 10.3. The van der Waals surface area contributed by atoms with Gasteiger partial charge in [0.25, 0.3) is 5.69 Å². The highest BCUT2D eigenvalue weighted by molar-refractivity contribution is 6.33. The van der Waals surface area contributed by atoms with Gasteiger partial charge in [-0.2, -0.15) is 0 Å². The summed E-state index contributed by atoms with van der Waals surface area (Å²) in [5.41, 5.74) is 5.25. The fourth-order valence-corrected chi connectivity index (χ4v) is 1.57. The third-order valence-corrected chi connectivity index (χ3v) is 2.86. The molecule has 0 spiro atoms. The third-order valence-electron chi connectivity index (χ3n) is 2.55. The maximum Gasteiger partial charge on any atom is 0.288 e. The number of nitrogens with one attached hydrogen (secondary N) is 1. The van der Waals surface area contributed by atoms with Crippen molar-refractivity contribution in [3.63, 3.8) is 0 Å². The van der Waals surface area contributed by atoms with Crippen LogP contribution in [0.1, 0.15) is 19.4 Å². The molecular formula is C11H14ClN3O3. The highest BCUT2D eigenvalue weighted by Gasteiger charge is 2.26. The molecule has 0 bridgehead atoms. The number of amides is 1. The van der Waals surface area contributed by atoms with E-state index in [-0.39, 0.29) is 10.7 Å². The average molecular weight is 272 g/mol. The van der Waals surface area contributed by atoms with E-state index >= 15 is 0 Å². The van der Waals surface area contributed by atoms with Gasteiger partial charge in [0, 0.05) is 11.8 Å². The van der Waals surface area contributed by atoms with Crippen LogP contribution in [0.4, 0.5) is 11.4 Å². The second-order valence-electron chi connectivity index (χ2n) is 4.49. The quantitative estimate of drug-likeness (QED) is 0.648. The first-order valence-electron chi connectivity index (χ1n) is 5.18.